The summed E-state index contributed by atoms with van der Waals surface area (Å²) in [6, 6.07) is 8.75. The smallest absolute Gasteiger partial charge is 0.311 e. The third-order valence-corrected chi connectivity index (χ3v) is 3.29. The molecular formula is C17H23NO6. The molecule has 0 bridgehead atoms. The molecule has 0 aliphatic heterocycles. The molecule has 0 heterocycles. The molecule has 0 aliphatic rings. The number of aliphatic carboxylic acids is 1. The van der Waals surface area contributed by atoms with Gasteiger partial charge in [-0.1, -0.05) is 44.2 Å². The van der Waals surface area contributed by atoms with Gasteiger partial charge >= 0.3 is 11.9 Å². The maximum atomic E-state index is 11.5. The van der Waals surface area contributed by atoms with E-state index >= 15 is 0 Å². The zero-order valence-corrected chi connectivity index (χ0v) is 14.0. The van der Waals surface area contributed by atoms with Crippen LogP contribution in [0.25, 0.3) is 0 Å². The molecule has 1 amide bonds. The summed E-state index contributed by atoms with van der Waals surface area (Å²) in [6.45, 7) is 4.91. The van der Waals surface area contributed by atoms with E-state index in [0.29, 0.717) is 12.0 Å². The largest absolute Gasteiger partial charge is 0.481 e. The molecule has 7 nitrogen and oxygen atoms in total. The third-order valence-electron chi connectivity index (χ3n) is 3.29. The lowest BCUT2D eigenvalue weighted by Crippen LogP contribution is -2.33. The van der Waals surface area contributed by atoms with Gasteiger partial charge in [0.05, 0.1) is 11.8 Å². The Kier molecular flexibility index (Phi) is 7.91. The molecule has 132 valence electrons. The van der Waals surface area contributed by atoms with Crippen molar-refractivity contribution >= 4 is 18.3 Å². The summed E-state index contributed by atoms with van der Waals surface area (Å²) in [7, 11) is 0. The molecule has 0 fully saturated rings. The average Bonchev–Trinajstić information content (AvgIpc) is 2.54. The second-order valence-electron chi connectivity index (χ2n) is 5.60. The summed E-state index contributed by atoms with van der Waals surface area (Å²) in [5, 5.41) is 10.3. The zero-order valence-electron chi connectivity index (χ0n) is 14.0. The Bertz CT molecular complexity index is 545. The number of hydrogen-bond donors (Lipinski definition) is 1. The highest BCUT2D eigenvalue weighted by atomic mass is 16.8. The van der Waals surface area contributed by atoms with Crippen molar-refractivity contribution in [2.24, 2.45) is 5.92 Å². The Morgan fingerprint density at radius 2 is 1.83 bits per heavy atom. The van der Waals surface area contributed by atoms with Crippen LogP contribution in [0.4, 0.5) is 0 Å². The summed E-state index contributed by atoms with van der Waals surface area (Å²) >= 11 is 0. The normalized spacial score (nSPS) is 13.2. The summed E-state index contributed by atoms with van der Waals surface area (Å²) in [5.74, 6) is -2.49. The van der Waals surface area contributed by atoms with E-state index in [-0.39, 0.29) is 18.9 Å². The van der Waals surface area contributed by atoms with Gasteiger partial charge in [-0.05, 0) is 12.0 Å². The number of carbonyl (C=O) groups excluding carboxylic acids is 2. The zero-order chi connectivity index (χ0) is 18.1. The Hall–Kier alpha value is -2.41. The van der Waals surface area contributed by atoms with Crippen LogP contribution in [0, 0.1) is 5.92 Å². The maximum absolute atomic E-state index is 11.5. The van der Waals surface area contributed by atoms with Crippen molar-refractivity contribution in [1.82, 2.24) is 5.06 Å². The standard InChI is InChI=1S/C17H23NO6/c1-12(2)17(22)23-13(3)24-18(11-19)10-9-15(16(20)21)14-7-5-4-6-8-14/h4-8,11-13,15H,9-10H2,1-3H3,(H,20,21)/t13-,15?/m1/s1. The topological polar surface area (TPSA) is 93.1 Å². The molecule has 24 heavy (non-hydrogen) atoms. The van der Waals surface area contributed by atoms with Crippen LogP contribution in [0.1, 0.15) is 38.7 Å². The third kappa shape index (κ3) is 6.37. The number of carbonyl (C=O) groups is 3. The monoisotopic (exact) mass is 337 g/mol. The first-order valence-corrected chi connectivity index (χ1v) is 7.72. The van der Waals surface area contributed by atoms with Crippen LogP contribution in [0.3, 0.4) is 0 Å². The minimum absolute atomic E-state index is 0.0545. The lowest BCUT2D eigenvalue weighted by molar-refractivity contribution is -0.253. The van der Waals surface area contributed by atoms with E-state index in [9.17, 15) is 19.5 Å². The fourth-order valence-electron chi connectivity index (χ4n) is 2.02. The maximum Gasteiger partial charge on any atom is 0.311 e. The van der Waals surface area contributed by atoms with E-state index < -0.39 is 24.1 Å². The highest BCUT2D eigenvalue weighted by molar-refractivity contribution is 5.76. The van der Waals surface area contributed by atoms with Crippen molar-refractivity contribution < 1.29 is 29.1 Å². The van der Waals surface area contributed by atoms with Gasteiger partial charge in [-0.25, -0.2) is 9.90 Å². The molecule has 0 radical (unpaired) electrons. The second kappa shape index (κ2) is 9.67. The van der Waals surface area contributed by atoms with E-state index in [2.05, 4.69) is 0 Å². The van der Waals surface area contributed by atoms with Gasteiger partial charge in [0.2, 0.25) is 12.7 Å². The molecule has 7 heteroatoms. The lowest BCUT2D eigenvalue weighted by Gasteiger charge is -2.23. The fourth-order valence-corrected chi connectivity index (χ4v) is 2.02. The molecular weight excluding hydrogens is 314 g/mol. The van der Waals surface area contributed by atoms with Gasteiger partial charge < -0.3 is 9.84 Å². The molecule has 1 rings (SSSR count). The summed E-state index contributed by atoms with van der Waals surface area (Å²) in [5.41, 5.74) is 0.648. The number of hydroxylamine groups is 2. The number of nitrogens with zero attached hydrogens (tertiary/aromatic N) is 1. The molecule has 2 atom stereocenters. The Balaban J connectivity index is 2.59. The first kappa shape index (κ1) is 19.6. The number of ether oxygens (including phenoxy) is 1. The van der Waals surface area contributed by atoms with Crippen LogP contribution in [0.2, 0.25) is 0 Å². The van der Waals surface area contributed by atoms with E-state index in [1.807, 2.05) is 0 Å². The van der Waals surface area contributed by atoms with Crippen molar-refractivity contribution in [3.05, 3.63) is 35.9 Å². The predicted molar refractivity (Wildman–Crippen MR) is 85.7 cm³/mol. The minimum Gasteiger partial charge on any atom is -0.481 e. The van der Waals surface area contributed by atoms with Crippen LogP contribution >= 0.6 is 0 Å². The fraction of sp³-hybridized carbons (Fsp3) is 0.471. The first-order valence-electron chi connectivity index (χ1n) is 7.72. The lowest BCUT2D eigenvalue weighted by atomic mass is 9.96. The number of carboxylic acid groups (broad SMARTS) is 1. The van der Waals surface area contributed by atoms with E-state index in [0.717, 1.165) is 5.06 Å². The summed E-state index contributed by atoms with van der Waals surface area (Å²) in [4.78, 5) is 39.2. The van der Waals surface area contributed by atoms with Gasteiger partial charge in [-0.3, -0.25) is 14.4 Å². The van der Waals surface area contributed by atoms with Gasteiger partial charge in [0.15, 0.2) is 0 Å². The van der Waals surface area contributed by atoms with Crippen molar-refractivity contribution in [2.75, 3.05) is 6.54 Å². The number of benzene rings is 1. The van der Waals surface area contributed by atoms with Gasteiger partial charge in [0.1, 0.15) is 0 Å². The molecule has 1 aromatic carbocycles. The summed E-state index contributed by atoms with van der Waals surface area (Å²) in [6.07, 6.45) is -0.336. The van der Waals surface area contributed by atoms with Crippen LogP contribution in [0.15, 0.2) is 30.3 Å². The van der Waals surface area contributed by atoms with Gasteiger partial charge in [-0.2, -0.15) is 0 Å². The van der Waals surface area contributed by atoms with Crippen molar-refractivity contribution in [3.8, 4) is 0 Å². The molecule has 1 N–H and O–H groups in total. The second-order valence-corrected chi connectivity index (χ2v) is 5.60. The van der Waals surface area contributed by atoms with E-state index in [4.69, 9.17) is 9.57 Å². The number of hydrogen-bond acceptors (Lipinski definition) is 5. The Labute approximate surface area is 141 Å². The van der Waals surface area contributed by atoms with E-state index in [1.165, 1.54) is 6.92 Å². The van der Waals surface area contributed by atoms with Crippen LogP contribution < -0.4 is 0 Å². The van der Waals surface area contributed by atoms with Crippen molar-refractivity contribution in [2.45, 2.75) is 39.4 Å². The van der Waals surface area contributed by atoms with Gasteiger partial charge in [0, 0.05) is 13.5 Å². The van der Waals surface area contributed by atoms with E-state index in [1.54, 1.807) is 44.2 Å². The van der Waals surface area contributed by atoms with Crippen molar-refractivity contribution in [1.29, 1.82) is 0 Å². The number of esters is 1. The van der Waals surface area contributed by atoms with Crippen LogP contribution in [-0.4, -0.2) is 41.4 Å². The highest BCUT2D eigenvalue weighted by Crippen LogP contribution is 2.20. The molecule has 0 saturated heterocycles. The predicted octanol–water partition coefficient (Wildman–Crippen LogP) is 2.18. The molecule has 0 aromatic heterocycles. The summed E-state index contributed by atoms with van der Waals surface area (Å²) < 4.78 is 5.00. The number of amides is 1. The number of rotatable bonds is 10. The Morgan fingerprint density at radius 3 is 2.33 bits per heavy atom. The minimum atomic E-state index is -0.980. The average molecular weight is 337 g/mol. The molecule has 1 unspecified atom stereocenters. The first-order chi connectivity index (χ1) is 11.3. The quantitative estimate of drug-likeness (QED) is 0.304. The van der Waals surface area contributed by atoms with Gasteiger partial charge in [-0.15, -0.1) is 0 Å². The number of carboxylic acids is 1. The molecule has 0 spiro atoms. The van der Waals surface area contributed by atoms with Crippen LogP contribution in [-0.2, 0) is 24.0 Å². The van der Waals surface area contributed by atoms with Crippen LogP contribution in [0.5, 0.6) is 0 Å². The molecule has 1 aromatic rings. The van der Waals surface area contributed by atoms with Crippen molar-refractivity contribution in [3.63, 3.8) is 0 Å². The van der Waals surface area contributed by atoms with Gasteiger partial charge in [0.25, 0.3) is 0 Å². The highest BCUT2D eigenvalue weighted by Gasteiger charge is 2.22. The molecule has 0 aliphatic carbocycles. The molecule has 0 saturated carbocycles. The Morgan fingerprint density at radius 1 is 1.21 bits per heavy atom. The SMILES string of the molecule is CC(C)C(=O)O[C@@H](C)ON(C=O)CCC(C(=O)O)c1ccccc1.